The number of H-pyrrole nitrogens is 1. The molecule has 0 aliphatic carbocycles. The predicted octanol–water partition coefficient (Wildman–Crippen LogP) is 1.59. The number of aromatic amines is 1. The van der Waals surface area contributed by atoms with Crippen molar-refractivity contribution in [2.24, 2.45) is 0 Å². The highest BCUT2D eigenvalue weighted by Crippen LogP contribution is 2.28. The minimum Gasteiger partial charge on any atom is -0.297 e. The zero-order chi connectivity index (χ0) is 10.6. The molecule has 76 valence electrons. The molecule has 3 aromatic rings. The molecule has 0 aliphatic rings. The Bertz CT molecular complexity index is 725. The van der Waals surface area contributed by atoms with Gasteiger partial charge in [0.05, 0.1) is 9.72 Å². The van der Waals surface area contributed by atoms with Crippen LogP contribution in [0.2, 0.25) is 4.34 Å². The second-order valence-electron chi connectivity index (χ2n) is 3.12. The molecule has 3 heterocycles. The van der Waals surface area contributed by atoms with Gasteiger partial charge in [-0.05, 0) is 13.0 Å². The summed E-state index contributed by atoms with van der Waals surface area (Å²) in [5.41, 5.74) is 0.256. The van der Waals surface area contributed by atoms with Crippen LogP contribution in [-0.2, 0) is 0 Å². The second kappa shape index (κ2) is 2.80. The average Bonchev–Trinajstić information content (AvgIpc) is 2.68. The number of thiophene rings is 1. The first-order valence-electron chi connectivity index (χ1n) is 4.20. The van der Waals surface area contributed by atoms with Crippen LogP contribution in [0.4, 0.5) is 0 Å². The fraction of sp³-hybridized carbons (Fsp3) is 0.125. The second-order valence-corrected chi connectivity index (χ2v) is 4.80. The number of hydrogen-bond donors (Lipinski definition) is 1. The van der Waals surface area contributed by atoms with Crippen LogP contribution in [0.1, 0.15) is 5.82 Å². The van der Waals surface area contributed by atoms with Crippen LogP contribution in [0.5, 0.6) is 0 Å². The van der Waals surface area contributed by atoms with Gasteiger partial charge in [0.1, 0.15) is 10.7 Å². The molecule has 0 atom stereocenters. The third-order valence-electron chi connectivity index (χ3n) is 2.07. The summed E-state index contributed by atoms with van der Waals surface area (Å²) < 4.78 is 1.87. The summed E-state index contributed by atoms with van der Waals surface area (Å²) in [6.45, 7) is 1.74. The minimum absolute atomic E-state index is 0.295. The molecule has 0 aliphatic heterocycles. The van der Waals surface area contributed by atoms with Gasteiger partial charge in [-0.1, -0.05) is 11.6 Å². The van der Waals surface area contributed by atoms with Gasteiger partial charge in [0.25, 0.3) is 0 Å². The molecule has 5 nitrogen and oxygen atoms in total. The number of aryl methyl sites for hydroxylation is 1. The monoisotopic (exact) mass is 240 g/mol. The molecule has 0 bridgehead atoms. The minimum atomic E-state index is -0.295. The van der Waals surface area contributed by atoms with E-state index in [9.17, 15) is 4.79 Å². The summed E-state index contributed by atoms with van der Waals surface area (Å²) in [6.07, 6.45) is 0. The first kappa shape index (κ1) is 8.87. The molecule has 0 saturated carbocycles. The summed E-state index contributed by atoms with van der Waals surface area (Å²) in [4.78, 5) is 19.2. The fourth-order valence-corrected chi connectivity index (χ4v) is 2.61. The smallest absolute Gasteiger partial charge is 0.297 e. The first-order valence-corrected chi connectivity index (χ1v) is 5.39. The highest BCUT2D eigenvalue weighted by atomic mass is 35.5. The van der Waals surface area contributed by atoms with Crippen molar-refractivity contribution >= 4 is 38.8 Å². The summed E-state index contributed by atoms with van der Waals surface area (Å²) in [6, 6.07) is 1.78. The third-order valence-corrected chi connectivity index (χ3v) is 3.25. The molecule has 0 fully saturated rings. The van der Waals surface area contributed by atoms with Crippen LogP contribution in [0, 0.1) is 6.92 Å². The maximum Gasteiger partial charge on any atom is 0.349 e. The summed E-state index contributed by atoms with van der Waals surface area (Å²) in [5.74, 6) is 0.565. The molecule has 0 saturated heterocycles. The van der Waals surface area contributed by atoms with E-state index in [4.69, 9.17) is 11.6 Å². The molecule has 15 heavy (non-hydrogen) atoms. The highest BCUT2D eigenvalue weighted by Gasteiger charge is 2.11. The number of fused-ring (bicyclic) bond motifs is 3. The number of hydrogen-bond acceptors (Lipinski definition) is 4. The van der Waals surface area contributed by atoms with Crippen molar-refractivity contribution in [3.05, 3.63) is 26.7 Å². The van der Waals surface area contributed by atoms with E-state index in [0.29, 0.717) is 15.8 Å². The molecule has 0 unspecified atom stereocenters. The van der Waals surface area contributed by atoms with Gasteiger partial charge in [0.2, 0.25) is 0 Å². The van der Waals surface area contributed by atoms with Crippen LogP contribution in [0.25, 0.3) is 15.9 Å². The van der Waals surface area contributed by atoms with Crippen molar-refractivity contribution in [3.8, 4) is 0 Å². The highest BCUT2D eigenvalue weighted by molar-refractivity contribution is 7.22. The van der Waals surface area contributed by atoms with Gasteiger partial charge >= 0.3 is 5.69 Å². The van der Waals surface area contributed by atoms with Gasteiger partial charge in [-0.25, -0.2) is 9.78 Å². The Labute approximate surface area is 92.3 Å². The van der Waals surface area contributed by atoms with Crippen molar-refractivity contribution in [1.29, 1.82) is 0 Å². The largest absolute Gasteiger partial charge is 0.349 e. The predicted molar refractivity (Wildman–Crippen MR) is 58.7 cm³/mol. The Hall–Kier alpha value is -1.40. The maximum absolute atomic E-state index is 11.6. The lowest BCUT2D eigenvalue weighted by Gasteiger charge is -1.91. The first-order chi connectivity index (χ1) is 7.15. The van der Waals surface area contributed by atoms with Crippen molar-refractivity contribution in [3.63, 3.8) is 0 Å². The molecule has 7 heteroatoms. The van der Waals surface area contributed by atoms with Crippen molar-refractivity contribution < 1.29 is 0 Å². The van der Waals surface area contributed by atoms with Gasteiger partial charge in [-0.3, -0.25) is 4.98 Å². The van der Waals surface area contributed by atoms with E-state index in [1.165, 1.54) is 15.9 Å². The average molecular weight is 241 g/mol. The molecular formula is C8H5ClN4OS. The van der Waals surface area contributed by atoms with Crippen molar-refractivity contribution in [2.45, 2.75) is 6.92 Å². The molecule has 0 spiro atoms. The lowest BCUT2D eigenvalue weighted by Crippen LogP contribution is -2.16. The number of nitrogens with one attached hydrogen (secondary N) is 1. The Morgan fingerprint density at radius 2 is 2.40 bits per heavy atom. The standard InChI is InChI=1S/C8H5ClN4OS/c1-3-10-6-4-2-5(9)15-7(4)11-8(14)13(6)12-3/h2H,1H3,(H,11,14). The Morgan fingerprint density at radius 3 is 3.20 bits per heavy atom. The van der Waals surface area contributed by atoms with Crippen LogP contribution in [0.3, 0.4) is 0 Å². The SMILES string of the molecule is Cc1nc2c3cc(Cl)sc3[nH]c(=O)n2n1. The Kier molecular flexibility index (Phi) is 1.66. The number of rotatable bonds is 0. The van der Waals surface area contributed by atoms with E-state index in [0.717, 1.165) is 10.2 Å². The maximum atomic E-state index is 11.6. The van der Waals surface area contributed by atoms with E-state index < -0.39 is 0 Å². The van der Waals surface area contributed by atoms with E-state index in [1.807, 2.05) is 0 Å². The zero-order valence-corrected chi connectivity index (χ0v) is 9.19. The normalized spacial score (nSPS) is 11.6. The van der Waals surface area contributed by atoms with Gasteiger partial charge < -0.3 is 0 Å². The molecular weight excluding hydrogens is 236 g/mol. The number of nitrogens with zero attached hydrogens (tertiary/aromatic N) is 3. The van der Waals surface area contributed by atoms with E-state index >= 15 is 0 Å². The van der Waals surface area contributed by atoms with Gasteiger partial charge in [0, 0.05) is 0 Å². The molecule has 0 radical (unpaired) electrons. The lowest BCUT2D eigenvalue weighted by molar-refractivity contribution is 0.865. The van der Waals surface area contributed by atoms with E-state index in [1.54, 1.807) is 13.0 Å². The molecule has 1 N–H and O–H groups in total. The van der Waals surface area contributed by atoms with Crippen molar-refractivity contribution in [1.82, 2.24) is 19.6 Å². The summed E-state index contributed by atoms with van der Waals surface area (Å²) in [5, 5.41) is 4.82. The summed E-state index contributed by atoms with van der Waals surface area (Å²) >= 11 is 7.20. The number of halogens is 1. The molecule has 3 aromatic heterocycles. The van der Waals surface area contributed by atoms with Gasteiger partial charge in [0.15, 0.2) is 5.65 Å². The quantitative estimate of drug-likeness (QED) is 0.649. The summed E-state index contributed by atoms with van der Waals surface area (Å²) in [7, 11) is 0. The van der Waals surface area contributed by atoms with Gasteiger partial charge in [-0.15, -0.1) is 16.4 Å². The van der Waals surface area contributed by atoms with Crippen LogP contribution in [-0.4, -0.2) is 19.6 Å². The Balaban J connectivity index is 2.67. The lowest BCUT2D eigenvalue weighted by atomic mass is 10.4. The number of aromatic nitrogens is 4. The topological polar surface area (TPSA) is 63.0 Å². The zero-order valence-electron chi connectivity index (χ0n) is 7.61. The Morgan fingerprint density at radius 1 is 1.60 bits per heavy atom. The van der Waals surface area contributed by atoms with Crippen LogP contribution < -0.4 is 5.69 Å². The van der Waals surface area contributed by atoms with E-state index in [-0.39, 0.29) is 5.69 Å². The van der Waals surface area contributed by atoms with Crippen LogP contribution >= 0.6 is 22.9 Å². The van der Waals surface area contributed by atoms with Crippen LogP contribution in [0.15, 0.2) is 10.9 Å². The van der Waals surface area contributed by atoms with Crippen molar-refractivity contribution in [2.75, 3.05) is 0 Å². The van der Waals surface area contributed by atoms with Gasteiger partial charge in [-0.2, -0.15) is 4.52 Å². The fourth-order valence-electron chi connectivity index (χ4n) is 1.50. The molecule has 3 rings (SSSR count). The van der Waals surface area contributed by atoms with E-state index in [2.05, 4.69) is 15.1 Å². The molecule has 0 amide bonds. The third kappa shape index (κ3) is 1.18. The molecule has 0 aromatic carbocycles.